The molecule has 4 heteroatoms. The Morgan fingerprint density at radius 2 is 2.06 bits per heavy atom. The number of aryl methyl sites for hydroxylation is 1. The van der Waals surface area contributed by atoms with E-state index in [0.717, 1.165) is 15.7 Å². The zero-order valence-corrected chi connectivity index (χ0v) is 11.6. The Hall–Kier alpha value is -1.68. The lowest BCUT2D eigenvalue weighted by molar-refractivity contribution is 0.0950. The summed E-state index contributed by atoms with van der Waals surface area (Å²) < 4.78 is 0.796. The van der Waals surface area contributed by atoms with E-state index in [1.165, 1.54) is 0 Å². The standard InChI is InChI=1S/C14H13BrN2O/c1-10-6-7-11(8-16-10)9-17-14(18)12-4-2-3-5-13(12)15/h2-8H,9H2,1H3,(H,17,18). The average Bonchev–Trinajstić information content (AvgIpc) is 2.38. The second kappa shape index (κ2) is 5.78. The van der Waals surface area contributed by atoms with Gasteiger partial charge in [-0.05, 0) is 46.6 Å². The second-order valence-corrected chi connectivity index (χ2v) is 4.82. The van der Waals surface area contributed by atoms with E-state index in [9.17, 15) is 4.79 Å². The van der Waals surface area contributed by atoms with Crippen molar-refractivity contribution in [3.8, 4) is 0 Å². The highest BCUT2D eigenvalue weighted by molar-refractivity contribution is 9.10. The fourth-order valence-corrected chi connectivity index (χ4v) is 1.99. The van der Waals surface area contributed by atoms with E-state index in [0.29, 0.717) is 12.1 Å². The Kier molecular flexibility index (Phi) is 4.10. The molecule has 0 fully saturated rings. The van der Waals surface area contributed by atoms with Gasteiger partial charge in [0.25, 0.3) is 5.91 Å². The number of nitrogens with one attached hydrogen (secondary N) is 1. The van der Waals surface area contributed by atoms with Gasteiger partial charge in [-0.1, -0.05) is 18.2 Å². The number of pyridine rings is 1. The lowest BCUT2D eigenvalue weighted by atomic mass is 10.2. The molecule has 92 valence electrons. The molecule has 1 amide bonds. The summed E-state index contributed by atoms with van der Waals surface area (Å²) in [7, 11) is 0. The third kappa shape index (κ3) is 3.17. The predicted molar refractivity (Wildman–Crippen MR) is 74.3 cm³/mol. The maximum absolute atomic E-state index is 11.9. The van der Waals surface area contributed by atoms with Crippen LogP contribution in [0.4, 0.5) is 0 Å². The van der Waals surface area contributed by atoms with Gasteiger partial charge in [-0.2, -0.15) is 0 Å². The summed E-state index contributed by atoms with van der Waals surface area (Å²) in [6, 6.07) is 11.2. The van der Waals surface area contributed by atoms with Gasteiger partial charge in [0.1, 0.15) is 0 Å². The summed E-state index contributed by atoms with van der Waals surface area (Å²) in [6.07, 6.45) is 1.77. The SMILES string of the molecule is Cc1ccc(CNC(=O)c2ccccc2Br)cn1. The average molecular weight is 305 g/mol. The molecule has 1 heterocycles. The Bertz CT molecular complexity index is 552. The first-order chi connectivity index (χ1) is 8.66. The van der Waals surface area contributed by atoms with Crippen molar-refractivity contribution in [3.63, 3.8) is 0 Å². The molecule has 0 bridgehead atoms. The monoisotopic (exact) mass is 304 g/mol. The molecule has 0 radical (unpaired) electrons. The zero-order chi connectivity index (χ0) is 13.0. The lowest BCUT2D eigenvalue weighted by Gasteiger charge is -2.06. The van der Waals surface area contributed by atoms with Crippen LogP contribution in [0.25, 0.3) is 0 Å². The van der Waals surface area contributed by atoms with Crippen LogP contribution >= 0.6 is 15.9 Å². The number of amides is 1. The van der Waals surface area contributed by atoms with E-state index in [4.69, 9.17) is 0 Å². The van der Waals surface area contributed by atoms with E-state index in [1.807, 2.05) is 37.3 Å². The minimum absolute atomic E-state index is 0.0944. The highest BCUT2D eigenvalue weighted by atomic mass is 79.9. The number of carbonyl (C=O) groups is 1. The summed E-state index contributed by atoms with van der Waals surface area (Å²) in [4.78, 5) is 16.1. The third-order valence-electron chi connectivity index (χ3n) is 2.54. The Morgan fingerprint density at radius 3 is 2.72 bits per heavy atom. The summed E-state index contributed by atoms with van der Waals surface area (Å²) in [5.41, 5.74) is 2.59. The number of halogens is 1. The summed E-state index contributed by atoms with van der Waals surface area (Å²) in [6.45, 7) is 2.41. The van der Waals surface area contributed by atoms with Gasteiger partial charge >= 0.3 is 0 Å². The van der Waals surface area contributed by atoms with Crippen molar-refractivity contribution in [2.45, 2.75) is 13.5 Å². The fraction of sp³-hybridized carbons (Fsp3) is 0.143. The highest BCUT2D eigenvalue weighted by Crippen LogP contribution is 2.15. The molecule has 3 nitrogen and oxygen atoms in total. The molecule has 0 unspecified atom stereocenters. The van der Waals surface area contributed by atoms with Crippen LogP contribution in [0.1, 0.15) is 21.6 Å². The van der Waals surface area contributed by atoms with Crippen LogP contribution in [0, 0.1) is 6.92 Å². The van der Waals surface area contributed by atoms with Gasteiger partial charge in [-0.15, -0.1) is 0 Å². The summed E-state index contributed by atoms with van der Waals surface area (Å²) in [5, 5.41) is 2.87. The molecular formula is C14H13BrN2O. The maximum Gasteiger partial charge on any atom is 0.252 e. The zero-order valence-electron chi connectivity index (χ0n) is 9.98. The fourth-order valence-electron chi connectivity index (χ4n) is 1.53. The highest BCUT2D eigenvalue weighted by Gasteiger charge is 2.08. The molecule has 1 aromatic carbocycles. The van der Waals surface area contributed by atoms with Crippen molar-refractivity contribution < 1.29 is 4.79 Å². The van der Waals surface area contributed by atoms with Gasteiger partial charge < -0.3 is 5.32 Å². The Morgan fingerprint density at radius 1 is 1.28 bits per heavy atom. The molecule has 0 spiro atoms. The molecule has 2 aromatic rings. The van der Waals surface area contributed by atoms with E-state index in [1.54, 1.807) is 12.3 Å². The molecule has 2 rings (SSSR count). The molecule has 0 aliphatic carbocycles. The van der Waals surface area contributed by atoms with Gasteiger partial charge in [0.05, 0.1) is 5.56 Å². The van der Waals surface area contributed by atoms with Crippen molar-refractivity contribution in [2.24, 2.45) is 0 Å². The normalized spacial score (nSPS) is 10.1. The summed E-state index contributed by atoms with van der Waals surface area (Å²) >= 11 is 3.36. The van der Waals surface area contributed by atoms with Gasteiger partial charge in [0.2, 0.25) is 0 Å². The van der Waals surface area contributed by atoms with Crippen LogP contribution in [-0.2, 0) is 6.54 Å². The van der Waals surface area contributed by atoms with E-state index in [2.05, 4.69) is 26.2 Å². The van der Waals surface area contributed by atoms with Crippen LogP contribution in [0.2, 0.25) is 0 Å². The molecule has 0 aliphatic heterocycles. The Balaban J connectivity index is 2.01. The number of hydrogen-bond acceptors (Lipinski definition) is 2. The molecule has 0 atom stereocenters. The second-order valence-electron chi connectivity index (χ2n) is 3.97. The van der Waals surface area contributed by atoms with Gasteiger partial charge in [0, 0.05) is 22.9 Å². The molecule has 1 aromatic heterocycles. The lowest BCUT2D eigenvalue weighted by Crippen LogP contribution is -2.23. The Labute approximate surface area is 114 Å². The largest absolute Gasteiger partial charge is 0.348 e. The van der Waals surface area contributed by atoms with Crippen molar-refractivity contribution in [1.29, 1.82) is 0 Å². The first-order valence-corrected chi connectivity index (χ1v) is 6.40. The molecule has 0 saturated carbocycles. The van der Waals surface area contributed by atoms with Crippen LogP contribution in [0.15, 0.2) is 47.1 Å². The smallest absolute Gasteiger partial charge is 0.252 e. The molecule has 0 saturated heterocycles. The molecule has 0 aliphatic rings. The maximum atomic E-state index is 11.9. The first kappa shape index (κ1) is 12.8. The van der Waals surface area contributed by atoms with Gasteiger partial charge in [-0.3, -0.25) is 9.78 Å². The molecule has 18 heavy (non-hydrogen) atoms. The van der Waals surface area contributed by atoms with Crippen molar-refractivity contribution >= 4 is 21.8 Å². The molecule has 1 N–H and O–H groups in total. The van der Waals surface area contributed by atoms with Crippen molar-refractivity contribution in [1.82, 2.24) is 10.3 Å². The predicted octanol–water partition coefficient (Wildman–Crippen LogP) is 3.08. The topological polar surface area (TPSA) is 42.0 Å². The van der Waals surface area contributed by atoms with E-state index < -0.39 is 0 Å². The number of rotatable bonds is 3. The minimum Gasteiger partial charge on any atom is -0.348 e. The summed E-state index contributed by atoms with van der Waals surface area (Å²) in [5.74, 6) is -0.0944. The minimum atomic E-state index is -0.0944. The number of hydrogen-bond donors (Lipinski definition) is 1. The number of carbonyl (C=O) groups excluding carboxylic acids is 1. The first-order valence-electron chi connectivity index (χ1n) is 5.61. The number of benzene rings is 1. The number of nitrogens with zero attached hydrogens (tertiary/aromatic N) is 1. The van der Waals surface area contributed by atoms with Crippen molar-refractivity contribution in [3.05, 3.63) is 63.9 Å². The third-order valence-corrected chi connectivity index (χ3v) is 3.24. The van der Waals surface area contributed by atoms with E-state index in [-0.39, 0.29) is 5.91 Å². The van der Waals surface area contributed by atoms with Gasteiger partial charge in [-0.25, -0.2) is 0 Å². The molecular weight excluding hydrogens is 292 g/mol. The van der Waals surface area contributed by atoms with Crippen LogP contribution in [0.5, 0.6) is 0 Å². The van der Waals surface area contributed by atoms with Crippen LogP contribution in [-0.4, -0.2) is 10.9 Å². The van der Waals surface area contributed by atoms with Gasteiger partial charge in [0.15, 0.2) is 0 Å². The number of aromatic nitrogens is 1. The quantitative estimate of drug-likeness (QED) is 0.947. The van der Waals surface area contributed by atoms with Crippen LogP contribution in [0.3, 0.4) is 0 Å². The van der Waals surface area contributed by atoms with Crippen molar-refractivity contribution in [2.75, 3.05) is 0 Å². The van der Waals surface area contributed by atoms with E-state index >= 15 is 0 Å². The van der Waals surface area contributed by atoms with Crippen LogP contribution < -0.4 is 5.32 Å².